The molecular formula is C11H21NO. The van der Waals surface area contributed by atoms with Gasteiger partial charge in [0.2, 0.25) is 0 Å². The molecule has 2 heterocycles. The highest BCUT2D eigenvalue weighted by molar-refractivity contribution is 4.86. The number of piperidine rings is 1. The van der Waals surface area contributed by atoms with Crippen molar-refractivity contribution in [2.45, 2.75) is 57.8 Å². The van der Waals surface area contributed by atoms with Gasteiger partial charge in [-0.1, -0.05) is 6.92 Å². The van der Waals surface area contributed by atoms with Crippen LogP contribution in [0.1, 0.15) is 39.5 Å². The highest BCUT2D eigenvalue weighted by atomic mass is 16.5. The van der Waals surface area contributed by atoms with Crippen molar-refractivity contribution < 1.29 is 4.74 Å². The van der Waals surface area contributed by atoms with Gasteiger partial charge in [-0.15, -0.1) is 0 Å². The maximum atomic E-state index is 5.89. The molecule has 0 aliphatic carbocycles. The average molecular weight is 183 g/mol. The number of nitrogens with one attached hydrogen (secondary N) is 1. The van der Waals surface area contributed by atoms with Crippen molar-refractivity contribution in [3.8, 4) is 0 Å². The first-order valence-corrected chi connectivity index (χ1v) is 5.64. The Labute approximate surface area is 81.0 Å². The normalized spacial score (nSPS) is 46.6. The number of hydrogen-bond donors (Lipinski definition) is 1. The second-order valence-electron chi connectivity index (χ2n) is 4.75. The zero-order valence-corrected chi connectivity index (χ0v) is 8.75. The standard InChI is InChI=1S/C11H21NO/c1-8-5-6-12-10(7-8)11-4-3-9(2)13-11/h8-12H,3-7H2,1-2H3/t8-,9-,10+,11+/m1/s1. The van der Waals surface area contributed by atoms with Gasteiger partial charge in [-0.05, 0) is 45.1 Å². The Hall–Kier alpha value is -0.0800. The Morgan fingerprint density at radius 1 is 1.15 bits per heavy atom. The zero-order chi connectivity index (χ0) is 9.26. The molecule has 2 fully saturated rings. The van der Waals surface area contributed by atoms with Crippen LogP contribution < -0.4 is 5.32 Å². The van der Waals surface area contributed by atoms with Crippen LogP contribution in [0.2, 0.25) is 0 Å². The van der Waals surface area contributed by atoms with Crippen molar-refractivity contribution in [2.75, 3.05) is 6.54 Å². The van der Waals surface area contributed by atoms with E-state index in [0.717, 1.165) is 5.92 Å². The maximum Gasteiger partial charge on any atom is 0.0732 e. The smallest absolute Gasteiger partial charge is 0.0732 e. The summed E-state index contributed by atoms with van der Waals surface area (Å²) in [6.45, 7) is 5.72. The van der Waals surface area contributed by atoms with Crippen molar-refractivity contribution in [1.82, 2.24) is 5.32 Å². The monoisotopic (exact) mass is 183 g/mol. The molecule has 4 atom stereocenters. The predicted molar refractivity (Wildman–Crippen MR) is 53.8 cm³/mol. The molecular weight excluding hydrogens is 162 g/mol. The third kappa shape index (κ3) is 2.23. The summed E-state index contributed by atoms with van der Waals surface area (Å²) in [6, 6.07) is 0.633. The minimum absolute atomic E-state index is 0.490. The quantitative estimate of drug-likeness (QED) is 0.671. The SMILES string of the molecule is C[C@@H]1CCN[C@H]([C@@H]2CC[C@@H](C)O2)C1. The first kappa shape index (κ1) is 9.47. The van der Waals surface area contributed by atoms with Crippen molar-refractivity contribution in [2.24, 2.45) is 5.92 Å². The molecule has 76 valence electrons. The van der Waals surface area contributed by atoms with Gasteiger partial charge in [0.05, 0.1) is 12.2 Å². The van der Waals surface area contributed by atoms with E-state index < -0.39 is 0 Å². The van der Waals surface area contributed by atoms with E-state index in [1.165, 1.54) is 32.2 Å². The van der Waals surface area contributed by atoms with E-state index in [9.17, 15) is 0 Å². The van der Waals surface area contributed by atoms with Crippen LogP contribution in [0.15, 0.2) is 0 Å². The minimum Gasteiger partial charge on any atom is -0.374 e. The van der Waals surface area contributed by atoms with Crippen LogP contribution in [-0.4, -0.2) is 24.8 Å². The van der Waals surface area contributed by atoms with Crippen molar-refractivity contribution >= 4 is 0 Å². The van der Waals surface area contributed by atoms with Crippen LogP contribution in [-0.2, 0) is 4.74 Å². The summed E-state index contributed by atoms with van der Waals surface area (Å²) in [6.07, 6.45) is 6.13. The van der Waals surface area contributed by atoms with Gasteiger partial charge in [-0.3, -0.25) is 0 Å². The molecule has 2 aliphatic heterocycles. The lowest BCUT2D eigenvalue weighted by molar-refractivity contribution is 0.0210. The molecule has 0 saturated carbocycles. The van der Waals surface area contributed by atoms with Crippen LogP contribution in [0.4, 0.5) is 0 Å². The van der Waals surface area contributed by atoms with E-state index in [-0.39, 0.29) is 0 Å². The van der Waals surface area contributed by atoms with Gasteiger partial charge in [0.15, 0.2) is 0 Å². The topological polar surface area (TPSA) is 21.3 Å². The summed E-state index contributed by atoms with van der Waals surface area (Å²) >= 11 is 0. The van der Waals surface area contributed by atoms with Gasteiger partial charge >= 0.3 is 0 Å². The third-order valence-electron chi connectivity index (χ3n) is 3.41. The molecule has 0 unspecified atom stereocenters. The maximum absolute atomic E-state index is 5.89. The van der Waals surface area contributed by atoms with Gasteiger partial charge in [0.25, 0.3) is 0 Å². The van der Waals surface area contributed by atoms with Gasteiger partial charge in [-0.25, -0.2) is 0 Å². The summed E-state index contributed by atoms with van der Waals surface area (Å²) < 4.78 is 5.89. The lowest BCUT2D eigenvalue weighted by Crippen LogP contribution is -2.45. The van der Waals surface area contributed by atoms with Gasteiger partial charge in [0.1, 0.15) is 0 Å². The number of ether oxygens (including phenoxy) is 1. The Balaban J connectivity index is 1.85. The van der Waals surface area contributed by atoms with E-state index in [0.29, 0.717) is 18.2 Å². The first-order valence-electron chi connectivity index (χ1n) is 5.64. The molecule has 2 heteroatoms. The first-order chi connectivity index (χ1) is 6.25. The fourth-order valence-electron chi connectivity index (χ4n) is 2.56. The second kappa shape index (κ2) is 3.97. The van der Waals surface area contributed by atoms with Crippen LogP contribution in [0.25, 0.3) is 0 Å². The van der Waals surface area contributed by atoms with Gasteiger partial charge < -0.3 is 10.1 Å². The molecule has 2 saturated heterocycles. The highest BCUT2D eigenvalue weighted by Gasteiger charge is 2.31. The average Bonchev–Trinajstić information content (AvgIpc) is 2.52. The van der Waals surface area contributed by atoms with Gasteiger partial charge in [0, 0.05) is 6.04 Å². The van der Waals surface area contributed by atoms with E-state index in [2.05, 4.69) is 19.2 Å². The summed E-state index contributed by atoms with van der Waals surface area (Å²) in [4.78, 5) is 0. The molecule has 1 N–H and O–H groups in total. The predicted octanol–water partition coefficient (Wildman–Crippen LogP) is 1.94. The fraction of sp³-hybridized carbons (Fsp3) is 1.00. The van der Waals surface area contributed by atoms with Crippen molar-refractivity contribution in [3.05, 3.63) is 0 Å². The van der Waals surface area contributed by atoms with E-state index in [1.54, 1.807) is 0 Å². The highest BCUT2D eigenvalue weighted by Crippen LogP contribution is 2.27. The second-order valence-corrected chi connectivity index (χ2v) is 4.75. The molecule has 2 aliphatic rings. The molecule has 13 heavy (non-hydrogen) atoms. The summed E-state index contributed by atoms with van der Waals surface area (Å²) in [5.74, 6) is 0.880. The molecule has 0 aromatic carbocycles. The summed E-state index contributed by atoms with van der Waals surface area (Å²) in [5, 5.41) is 3.59. The molecule has 2 nitrogen and oxygen atoms in total. The fourth-order valence-corrected chi connectivity index (χ4v) is 2.56. The molecule has 0 amide bonds. The van der Waals surface area contributed by atoms with E-state index in [4.69, 9.17) is 4.74 Å². The van der Waals surface area contributed by atoms with Crippen LogP contribution in [0.5, 0.6) is 0 Å². The molecule has 2 rings (SSSR count). The summed E-state index contributed by atoms with van der Waals surface area (Å²) in [5.41, 5.74) is 0. The Morgan fingerprint density at radius 2 is 2.00 bits per heavy atom. The molecule has 0 bridgehead atoms. The molecule has 0 spiro atoms. The molecule has 0 radical (unpaired) electrons. The zero-order valence-electron chi connectivity index (χ0n) is 8.75. The Morgan fingerprint density at radius 3 is 2.62 bits per heavy atom. The van der Waals surface area contributed by atoms with Crippen LogP contribution in [0, 0.1) is 5.92 Å². The number of hydrogen-bond acceptors (Lipinski definition) is 2. The minimum atomic E-state index is 0.490. The molecule has 0 aromatic heterocycles. The Kier molecular flexibility index (Phi) is 2.89. The Bertz CT molecular complexity index is 171. The van der Waals surface area contributed by atoms with E-state index in [1.807, 2.05) is 0 Å². The summed E-state index contributed by atoms with van der Waals surface area (Å²) in [7, 11) is 0. The van der Waals surface area contributed by atoms with Crippen LogP contribution in [0.3, 0.4) is 0 Å². The lowest BCUT2D eigenvalue weighted by Gasteiger charge is -2.32. The van der Waals surface area contributed by atoms with Gasteiger partial charge in [-0.2, -0.15) is 0 Å². The largest absolute Gasteiger partial charge is 0.374 e. The molecule has 0 aromatic rings. The van der Waals surface area contributed by atoms with E-state index >= 15 is 0 Å². The lowest BCUT2D eigenvalue weighted by atomic mass is 9.90. The van der Waals surface area contributed by atoms with Crippen LogP contribution >= 0.6 is 0 Å². The van der Waals surface area contributed by atoms with Crippen molar-refractivity contribution in [3.63, 3.8) is 0 Å². The third-order valence-corrected chi connectivity index (χ3v) is 3.41. The number of rotatable bonds is 1. The van der Waals surface area contributed by atoms with Crippen molar-refractivity contribution in [1.29, 1.82) is 0 Å².